The van der Waals surface area contributed by atoms with Crippen LogP contribution in [0.1, 0.15) is 5.56 Å². The van der Waals surface area contributed by atoms with Gasteiger partial charge in [-0.25, -0.2) is 5.43 Å². The van der Waals surface area contributed by atoms with Crippen molar-refractivity contribution in [2.45, 2.75) is 5.16 Å². The number of hydrogen-bond donors (Lipinski definition) is 1. The van der Waals surface area contributed by atoms with Gasteiger partial charge >= 0.3 is 0 Å². The maximum absolute atomic E-state index is 12.4. The number of ether oxygens (including phenoxy) is 2. The largest absolute Gasteiger partial charge is 0.497 e. The van der Waals surface area contributed by atoms with Crippen molar-refractivity contribution in [3.63, 3.8) is 0 Å². The van der Waals surface area contributed by atoms with E-state index in [1.807, 2.05) is 83.4 Å². The lowest BCUT2D eigenvalue weighted by Crippen LogP contribution is -2.20. The van der Waals surface area contributed by atoms with Crippen molar-refractivity contribution in [3.05, 3.63) is 84.4 Å². The predicted molar refractivity (Wildman–Crippen MR) is 133 cm³/mol. The van der Waals surface area contributed by atoms with Gasteiger partial charge in [-0.3, -0.25) is 9.36 Å². The summed E-state index contributed by atoms with van der Waals surface area (Å²) in [5.74, 6) is 2.02. The van der Waals surface area contributed by atoms with E-state index < -0.39 is 0 Å². The minimum Gasteiger partial charge on any atom is -0.497 e. The van der Waals surface area contributed by atoms with Crippen LogP contribution in [-0.4, -0.2) is 46.9 Å². The number of hydrogen-bond acceptors (Lipinski definition) is 7. The molecule has 0 aliphatic rings. The maximum Gasteiger partial charge on any atom is 0.250 e. The molecular formula is C25H23N5O3S. The molecule has 0 radical (unpaired) electrons. The molecule has 34 heavy (non-hydrogen) atoms. The number of rotatable bonds is 9. The lowest BCUT2D eigenvalue weighted by molar-refractivity contribution is -0.118. The molecule has 1 N–H and O–H groups in total. The van der Waals surface area contributed by atoms with Gasteiger partial charge in [0.25, 0.3) is 5.91 Å². The molecule has 0 saturated carbocycles. The quantitative estimate of drug-likeness (QED) is 0.223. The van der Waals surface area contributed by atoms with Crippen molar-refractivity contribution in [2.24, 2.45) is 5.10 Å². The number of carbonyl (C=O) groups excluding carboxylic acids is 1. The van der Waals surface area contributed by atoms with Crippen molar-refractivity contribution >= 4 is 23.9 Å². The Morgan fingerprint density at radius 1 is 0.971 bits per heavy atom. The van der Waals surface area contributed by atoms with Crippen LogP contribution >= 0.6 is 11.8 Å². The molecule has 0 aliphatic heterocycles. The van der Waals surface area contributed by atoms with Crippen LogP contribution in [0.3, 0.4) is 0 Å². The zero-order chi connectivity index (χ0) is 23.8. The second-order valence-electron chi connectivity index (χ2n) is 7.06. The SMILES string of the molecule is COc1ccc(-n2c(SCC(=O)N/N=C/c3cccc(OC)c3)nnc2-c2ccccc2)cc1. The molecule has 9 heteroatoms. The first-order valence-electron chi connectivity index (χ1n) is 10.4. The van der Waals surface area contributed by atoms with Crippen molar-refractivity contribution in [2.75, 3.05) is 20.0 Å². The summed E-state index contributed by atoms with van der Waals surface area (Å²) < 4.78 is 12.4. The molecule has 0 unspecified atom stereocenters. The monoisotopic (exact) mass is 473 g/mol. The number of nitrogens with one attached hydrogen (secondary N) is 1. The average Bonchev–Trinajstić information content (AvgIpc) is 3.32. The Bertz CT molecular complexity index is 1270. The summed E-state index contributed by atoms with van der Waals surface area (Å²) in [6, 6.07) is 24.8. The molecule has 0 atom stereocenters. The number of aromatic nitrogens is 3. The minimum absolute atomic E-state index is 0.124. The van der Waals surface area contributed by atoms with Gasteiger partial charge in [0.1, 0.15) is 11.5 Å². The van der Waals surface area contributed by atoms with E-state index in [1.165, 1.54) is 11.8 Å². The van der Waals surface area contributed by atoms with Crippen LogP contribution in [0.2, 0.25) is 0 Å². The Labute approximate surface area is 201 Å². The number of methoxy groups -OCH3 is 2. The van der Waals surface area contributed by atoms with Crippen molar-refractivity contribution in [3.8, 4) is 28.6 Å². The second kappa shape index (κ2) is 11.2. The standard InChI is InChI=1S/C25H23N5O3S/c1-32-21-13-11-20(12-14-21)30-24(19-8-4-3-5-9-19)28-29-25(30)34-17-23(31)27-26-16-18-7-6-10-22(15-18)33-2/h3-16H,17H2,1-2H3,(H,27,31)/b26-16+. The third-order valence-electron chi connectivity index (χ3n) is 4.82. The fourth-order valence-corrected chi connectivity index (χ4v) is 3.91. The van der Waals surface area contributed by atoms with E-state index in [1.54, 1.807) is 20.4 Å². The first-order chi connectivity index (χ1) is 16.7. The Balaban J connectivity index is 1.49. The molecule has 0 spiro atoms. The lowest BCUT2D eigenvalue weighted by atomic mass is 10.2. The minimum atomic E-state index is -0.255. The number of carbonyl (C=O) groups is 1. The molecule has 0 aliphatic carbocycles. The molecule has 172 valence electrons. The summed E-state index contributed by atoms with van der Waals surface area (Å²) in [6.45, 7) is 0. The zero-order valence-corrected chi connectivity index (χ0v) is 19.5. The zero-order valence-electron chi connectivity index (χ0n) is 18.7. The average molecular weight is 474 g/mol. The number of nitrogens with zero attached hydrogens (tertiary/aromatic N) is 4. The van der Waals surface area contributed by atoms with E-state index in [0.29, 0.717) is 11.0 Å². The molecular weight excluding hydrogens is 450 g/mol. The van der Waals surface area contributed by atoms with Gasteiger partial charge in [-0.1, -0.05) is 54.2 Å². The van der Waals surface area contributed by atoms with Crippen LogP contribution in [0.4, 0.5) is 0 Å². The van der Waals surface area contributed by atoms with Crippen LogP contribution < -0.4 is 14.9 Å². The Kier molecular flexibility index (Phi) is 7.56. The summed E-state index contributed by atoms with van der Waals surface area (Å²) in [5.41, 5.74) is 5.15. The van der Waals surface area contributed by atoms with Crippen LogP contribution in [0, 0.1) is 0 Å². The maximum atomic E-state index is 12.4. The van der Waals surface area contributed by atoms with E-state index in [4.69, 9.17) is 9.47 Å². The summed E-state index contributed by atoms with van der Waals surface area (Å²) in [5, 5.41) is 13.4. The molecule has 4 aromatic rings. The molecule has 0 saturated heterocycles. The van der Waals surface area contributed by atoms with Gasteiger partial charge in [0, 0.05) is 11.3 Å². The topological polar surface area (TPSA) is 90.6 Å². The number of benzene rings is 3. The van der Waals surface area contributed by atoms with Crippen molar-refractivity contribution < 1.29 is 14.3 Å². The normalized spacial score (nSPS) is 10.9. The smallest absolute Gasteiger partial charge is 0.250 e. The summed E-state index contributed by atoms with van der Waals surface area (Å²) >= 11 is 1.28. The molecule has 8 nitrogen and oxygen atoms in total. The fourth-order valence-electron chi connectivity index (χ4n) is 3.16. The van der Waals surface area contributed by atoms with E-state index in [2.05, 4.69) is 20.7 Å². The van der Waals surface area contributed by atoms with Gasteiger partial charge in [-0.15, -0.1) is 10.2 Å². The van der Waals surface area contributed by atoms with Gasteiger partial charge in [0.05, 0.1) is 26.2 Å². The highest BCUT2D eigenvalue weighted by atomic mass is 32.2. The molecule has 0 bridgehead atoms. The predicted octanol–water partition coefficient (Wildman–Crippen LogP) is 4.19. The Morgan fingerprint density at radius 3 is 2.47 bits per heavy atom. The van der Waals surface area contributed by atoms with E-state index >= 15 is 0 Å². The molecule has 0 fully saturated rings. The van der Waals surface area contributed by atoms with Gasteiger partial charge in [0.2, 0.25) is 0 Å². The van der Waals surface area contributed by atoms with Crippen molar-refractivity contribution in [1.82, 2.24) is 20.2 Å². The van der Waals surface area contributed by atoms with E-state index in [-0.39, 0.29) is 11.7 Å². The third kappa shape index (κ3) is 5.62. The van der Waals surface area contributed by atoms with Crippen molar-refractivity contribution in [1.29, 1.82) is 0 Å². The van der Waals surface area contributed by atoms with E-state index in [9.17, 15) is 4.79 Å². The first kappa shape index (κ1) is 23.1. The summed E-state index contributed by atoms with van der Waals surface area (Å²) in [6.07, 6.45) is 1.57. The molecule has 4 rings (SSSR count). The summed E-state index contributed by atoms with van der Waals surface area (Å²) in [4.78, 5) is 12.4. The van der Waals surface area contributed by atoms with Crippen LogP contribution in [0.25, 0.3) is 17.1 Å². The number of hydrazone groups is 1. The van der Waals surface area contributed by atoms with Gasteiger partial charge < -0.3 is 9.47 Å². The molecule has 1 heterocycles. The Morgan fingerprint density at radius 2 is 1.74 bits per heavy atom. The second-order valence-corrected chi connectivity index (χ2v) is 8.01. The molecule has 1 amide bonds. The highest BCUT2D eigenvalue weighted by molar-refractivity contribution is 7.99. The van der Waals surface area contributed by atoms with Crippen LogP contribution in [0.15, 0.2) is 89.1 Å². The van der Waals surface area contributed by atoms with Gasteiger partial charge in [-0.05, 0) is 42.0 Å². The molecule has 3 aromatic carbocycles. The van der Waals surface area contributed by atoms with Crippen LogP contribution in [-0.2, 0) is 4.79 Å². The highest BCUT2D eigenvalue weighted by Gasteiger charge is 2.17. The molecule has 1 aromatic heterocycles. The van der Waals surface area contributed by atoms with Gasteiger partial charge in [-0.2, -0.15) is 5.10 Å². The first-order valence-corrected chi connectivity index (χ1v) is 11.4. The summed E-state index contributed by atoms with van der Waals surface area (Å²) in [7, 11) is 3.23. The van der Waals surface area contributed by atoms with Gasteiger partial charge in [0.15, 0.2) is 11.0 Å². The highest BCUT2D eigenvalue weighted by Crippen LogP contribution is 2.28. The third-order valence-corrected chi connectivity index (χ3v) is 5.75. The fraction of sp³-hybridized carbons (Fsp3) is 0.120. The number of thioether (sulfide) groups is 1. The lowest BCUT2D eigenvalue weighted by Gasteiger charge is -2.11. The number of amides is 1. The van der Waals surface area contributed by atoms with Crippen LogP contribution in [0.5, 0.6) is 11.5 Å². The Hall–Kier alpha value is -4.11. The van der Waals surface area contributed by atoms with E-state index in [0.717, 1.165) is 28.3 Å².